The highest BCUT2D eigenvalue weighted by Crippen LogP contribution is 2.43. The largest absolute Gasteiger partial charge is 0.465 e. The average Bonchev–Trinajstić information content (AvgIpc) is 2.11. The summed E-state index contributed by atoms with van der Waals surface area (Å²) in [7, 11) is 0. The average molecular weight is 212 g/mol. The number of hydrogen-bond acceptors (Lipinski definition) is 3. The Kier molecular flexibility index (Phi) is 3.55. The van der Waals surface area contributed by atoms with Crippen LogP contribution in [-0.2, 0) is 9.53 Å². The van der Waals surface area contributed by atoms with Gasteiger partial charge in [-0.05, 0) is 12.8 Å². The van der Waals surface area contributed by atoms with Gasteiger partial charge in [0.1, 0.15) is 0 Å². The molecule has 1 aliphatic carbocycles. The Bertz CT molecular complexity index is 268. The second kappa shape index (κ2) is 4.35. The molecule has 0 amide bonds. The minimum atomic E-state index is -0.344. The Morgan fingerprint density at radius 2 is 2.27 bits per heavy atom. The van der Waals surface area contributed by atoms with E-state index in [0.29, 0.717) is 6.61 Å². The van der Waals surface area contributed by atoms with Gasteiger partial charge >= 0.3 is 5.97 Å². The van der Waals surface area contributed by atoms with Crippen molar-refractivity contribution < 1.29 is 14.6 Å². The molecule has 0 bridgehead atoms. The molecule has 0 radical (unpaired) electrons. The number of esters is 1. The zero-order valence-corrected chi connectivity index (χ0v) is 9.75. The summed E-state index contributed by atoms with van der Waals surface area (Å²) >= 11 is 0. The van der Waals surface area contributed by atoms with E-state index >= 15 is 0 Å². The monoisotopic (exact) mass is 212 g/mol. The van der Waals surface area contributed by atoms with Crippen LogP contribution in [0.5, 0.6) is 0 Å². The number of carbonyl (C=O) groups is 1. The van der Waals surface area contributed by atoms with Gasteiger partial charge in [-0.25, -0.2) is 0 Å². The van der Waals surface area contributed by atoms with Crippen molar-refractivity contribution in [2.45, 2.75) is 39.7 Å². The van der Waals surface area contributed by atoms with E-state index in [0.717, 1.165) is 18.4 Å². The van der Waals surface area contributed by atoms with Crippen molar-refractivity contribution in [1.29, 1.82) is 0 Å². The fourth-order valence-corrected chi connectivity index (χ4v) is 2.16. The van der Waals surface area contributed by atoms with Gasteiger partial charge in [-0.1, -0.05) is 26.0 Å². The molecule has 1 fully saturated rings. The van der Waals surface area contributed by atoms with Crippen molar-refractivity contribution in [3.05, 3.63) is 12.2 Å². The Balaban J connectivity index is 2.72. The first-order chi connectivity index (χ1) is 6.85. The predicted octanol–water partition coefficient (Wildman–Crippen LogP) is 1.90. The lowest BCUT2D eigenvalue weighted by Crippen LogP contribution is -2.43. The zero-order chi connectivity index (χ0) is 11.6. The normalized spacial score (nSPS) is 30.0. The van der Waals surface area contributed by atoms with Crippen molar-refractivity contribution in [3.8, 4) is 0 Å². The van der Waals surface area contributed by atoms with Crippen molar-refractivity contribution in [1.82, 2.24) is 0 Å². The molecule has 0 saturated heterocycles. The summed E-state index contributed by atoms with van der Waals surface area (Å²) in [6, 6.07) is 0. The van der Waals surface area contributed by atoms with E-state index in [1.807, 2.05) is 13.8 Å². The molecule has 1 rings (SSSR count). The number of rotatable bonds is 2. The number of aliphatic hydroxyl groups is 1. The van der Waals surface area contributed by atoms with Gasteiger partial charge in [0.15, 0.2) is 0 Å². The third-order valence-corrected chi connectivity index (χ3v) is 3.44. The van der Waals surface area contributed by atoms with Crippen molar-refractivity contribution in [2.24, 2.45) is 11.3 Å². The molecule has 15 heavy (non-hydrogen) atoms. The summed E-state index contributed by atoms with van der Waals surface area (Å²) in [4.78, 5) is 10.8. The molecule has 1 aliphatic rings. The molecule has 0 heterocycles. The van der Waals surface area contributed by atoms with Gasteiger partial charge in [-0.3, -0.25) is 4.79 Å². The molecule has 0 aromatic rings. The lowest BCUT2D eigenvalue weighted by atomic mass is 9.65. The topological polar surface area (TPSA) is 46.5 Å². The summed E-state index contributed by atoms with van der Waals surface area (Å²) in [5.41, 5.74) is 0.816. The standard InChI is InChI=1S/C12H20O3/c1-8-5-6-11(14)12(3,4)10(8)7-15-9(2)13/h10-11,14H,1,5-7H2,2-4H3/t10-,11-/m1/s1. The molecular weight excluding hydrogens is 192 g/mol. The number of hydrogen-bond donors (Lipinski definition) is 1. The fraction of sp³-hybridized carbons (Fsp3) is 0.750. The molecule has 1 saturated carbocycles. The molecule has 86 valence electrons. The first-order valence-corrected chi connectivity index (χ1v) is 5.34. The summed E-state index contributed by atoms with van der Waals surface area (Å²) in [6.45, 7) is 9.72. The fourth-order valence-electron chi connectivity index (χ4n) is 2.16. The molecule has 3 heteroatoms. The van der Waals surface area contributed by atoms with E-state index in [-0.39, 0.29) is 23.4 Å². The number of ether oxygens (including phenoxy) is 1. The summed E-state index contributed by atoms with van der Waals surface area (Å²) in [5.74, 6) is -0.219. The van der Waals surface area contributed by atoms with E-state index in [2.05, 4.69) is 6.58 Å². The van der Waals surface area contributed by atoms with E-state index in [9.17, 15) is 9.90 Å². The van der Waals surface area contributed by atoms with Crippen LogP contribution in [0, 0.1) is 11.3 Å². The highest BCUT2D eigenvalue weighted by Gasteiger charge is 2.41. The molecule has 0 aliphatic heterocycles. The second-order valence-electron chi connectivity index (χ2n) is 4.89. The maximum atomic E-state index is 10.8. The predicted molar refractivity (Wildman–Crippen MR) is 58.3 cm³/mol. The van der Waals surface area contributed by atoms with Gasteiger partial charge < -0.3 is 9.84 Å². The Morgan fingerprint density at radius 1 is 1.67 bits per heavy atom. The first-order valence-electron chi connectivity index (χ1n) is 5.34. The number of aliphatic hydroxyl groups excluding tert-OH is 1. The minimum Gasteiger partial charge on any atom is -0.465 e. The van der Waals surface area contributed by atoms with Crippen LogP contribution in [0.1, 0.15) is 33.6 Å². The van der Waals surface area contributed by atoms with Gasteiger partial charge in [0.25, 0.3) is 0 Å². The SMILES string of the molecule is C=C1CC[C@@H](O)C(C)(C)[C@@H]1COC(C)=O. The quantitative estimate of drug-likeness (QED) is 0.561. The van der Waals surface area contributed by atoms with Crippen molar-refractivity contribution in [2.75, 3.05) is 6.61 Å². The highest BCUT2D eigenvalue weighted by atomic mass is 16.5. The maximum absolute atomic E-state index is 10.8. The molecule has 1 N–H and O–H groups in total. The first kappa shape index (κ1) is 12.2. The van der Waals surface area contributed by atoms with Gasteiger partial charge in [0.2, 0.25) is 0 Å². The van der Waals surface area contributed by atoms with Crippen LogP contribution < -0.4 is 0 Å². The maximum Gasteiger partial charge on any atom is 0.302 e. The molecule has 0 spiro atoms. The molecule has 0 aromatic heterocycles. The number of carbonyl (C=O) groups excluding carboxylic acids is 1. The smallest absolute Gasteiger partial charge is 0.302 e. The Hall–Kier alpha value is -0.830. The summed E-state index contributed by atoms with van der Waals surface area (Å²) in [5, 5.41) is 9.91. The highest BCUT2D eigenvalue weighted by molar-refractivity contribution is 5.65. The van der Waals surface area contributed by atoms with Crippen LogP contribution in [0.3, 0.4) is 0 Å². The van der Waals surface area contributed by atoms with Crippen LogP contribution in [0.4, 0.5) is 0 Å². The van der Waals surface area contributed by atoms with Crippen LogP contribution in [0.25, 0.3) is 0 Å². The summed E-state index contributed by atoms with van der Waals surface area (Å²) < 4.78 is 5.02. The molecule has 2 atom stereocenters. The van der Waals surface area contributed by atoms with Crippen LogP contribution in [-0.4, -0.2) is 23.8 Å². The van der Waals surface area contributed by atoms with E-state index in [1.165, 1.54) is 6.92 Å². The lowest BCUT2D eigenvalue weighted by molar-refractivity contribution is -0.144. The Labute approximate surface area is 91.1 Å². The van der Waals surface area contributed by atoms with Crippen LogP contribution in [0.2, 0.25) is 0 Å². The van der Waals surface area contributed by atoms with Crippen molar-refractivity contribution >= 4 is 5.97 Å². The minimum absolute atomic E-state index is 0.0603. The molecule has 0 unspecified atom stereocenters. The van der Waals surface area contributed by atoms with Crippen LogP contribution >= 0.6 is 0 Å². The van der Waals surface area contributed by atoms with Crippen LogP contribution in [0.15, 0.2) is 12.2 Å². The third-order valence-electron chi connectivity index (χ3n) is 3.44. The Morgan fingerprint density at radius 3 is 2.80 bits per heavy atom. The van der Waals surface area contributed by atoms with Gasteiger partial charge in [0, 0.05) is 18.3 Å². The molecule has 3 nitrogen and oxygen atoms in total. The lowest BCUT2D eigenvalue weighted by Gasteiger charge is -2.43. The zero-order valence-electron chi connectivity index (χ0n) is 9.75. The van der Waals surface area contributed by atoms with Gasteiger partial charge in [-0.15, -0.1) is 0 Å². The van der Waals surface area contributed by atoms with Gasteiger partial charge in [0.05, 0.1) is 12.7 Å². The molecular formula is C12H20O3. The van der Waals surface area contributed by atoms with E-state index in [4.69, 9.17) is 4.74 Å². The van der Waals surface area contributed by atoms with Gasteiger partial charge in [-0.2, -0.15) is 0 Å². The summed E-state index contributed by atoms with van der Waals surface area (Å²) in [6.07, 6.45) is 1.22. The van der Waals surface area contributed by atoms with E-state index < -0.39 is 0 Å². The van der Waals surface area contributed by atoms with Crippen molar-refractivity contribution in [3.63, 3.8) is 0 Å². The molecule has 0 aromatic carbocycles. The second-order valence-corrected chi connectivity index (χ2v) is 4.89. The van der Waals surface area contributed by atoms with E-state index in [1.54, 1.807) is 0 Å². The third kappa shape index (κ3) is 2.59.